The predicted octanol–water partition coefficient (Wildman–Crippen LogP) is 4.37. The molecule has 31 heavy (non-hydrogen) atoms. The summed E-state index contributed by atoms with van der Waals surface area (Å²) in [7, 11) is 1.75. The van der Waals surface area contributed by atoms with Crippen molar-refractivity contribution in [3.8, 4) is 6.19 Å². The minimum atomic E-state index is 0.271. The summed E-state index contributed by atoms with van der Waals surface area (Å²) in [5.41, 5.74) is 1.46. The Bertz CT molecular complexity index is 988. The molecule has 2 N–H and O–H groups in total. The lowest BCUT2D eigenvalue weighted by Crippen LogP contribution is -2.42. The van der Waals surface area contributed by atoms with Gasteiger partial charge >= 0.3 is 0 Å². The number of nitrogens with one attached hydrogen (secondary N) is 2. The fourth-order valence-corrected chi connectivity index (χ4v) is 3.78. The molecule has 0 saturated carbocycles. The lowest BCUT2D eigenvalue weighted by Gasteiger charge is -2.32. The van der Waals surface area contributed by atoms with Crippen LogP contribution >= 0.6 is 23.2 Å². The zero-order valence-electron chi connectivity index (χ0n) is 17.9. The number of hydrogen-bond donors (Lipinski definition) is 2. The quantitative estimate of drug-likeness (QED) is 0.388. The summed E-state index contributed by atoms with van der Waals surface area (Å²) in [5.74, 6) is 1.45. The SMILES string of the molecule is CCN1CCCC(Nc2cc(C)nc(N(C)/C(=N\C#N)Nc3ccc(Cl)c(Cl)c3)n2)C1. The highest BCUT2D eigenvalue weighted by atomic mass is 35.5. The van der Waals surface area contributed by atoms with E-state index in [0.29, 0.717) is 27.7 Å². The van der Waals surface area contributed by atoms with Crippen LogP contribution in [0.1, 0.15) is 25.5 Å². The van der Waals surface area contributed by atoms with E-state index < -0.39 is 0 Å². The molecular formula is C21H26Cl2N8. The molecule has 1 atom stereocenters. The van der Waals surface area contributed by atoms with E-state index in [1.54, 1.807) is 30.1 Å². The van der Waals surface area contributed by atoms with Crippen molar-refractivity contribution in [2.45, 2.75) is 32.7 Å². The maximum Gasteiger partial charge on any atom is 0.234 e. The molecule has 1 aliphatic heterocycles. The molecule has 0 amide bonds. The molecule has 2 aromatic rings. The zero-order chi connectivity index (χ0) is 22.4. The summed E-state index contributed by atoms with van der Waals surface area (Å²) in [6.45, 7) is 7.27. The van der Waals surface area contributed by atoms with Crippen LogP contribution in [0.5, 0.6) is 0 Å². The Morgan fingerprint density at radius 2 is 2.13 bits per heavy atom. The molecule has 8 nitrogen and oxygen atoms in total. The number of anilines is 3. The number of aromatic nitrogens is 2. The molecule has 1 unspecified atom stereocenters. The Morgan fingerprint density at radius 1 is 1.32 bits per heavy atom. The molecule has 0 aliphatic carbocycles. The fraction of sp³-hybridized carbons (Fsp3) is 0.429. The summed E-state index contributed by atoms with van der Waals surface area (Å²) in [6, 6.07) is 7.35. The van der Waals surface area contributed by atoms with Gasteiger partial charge in [0, 0.05) is 37.1 Å². The van der Waals surface area contributed by atoms with E-state index in [9.17, 15) is 5.26 Å². The number of rotatable bonds is 5. The Hall–Kier alpha value is -2.60. The minimum Gasteiger partial charge on any atom is -0.366 e. The molecule has 0 radical (unpaired) electrons. The van der Waals surface area contributed by atoms with Crippen LogP contribution in [-0.2, 0) is 0 Å². The number of aliphatic imine (C=N–C) groups is 1. The van der Waals surface area contributed by atoms with E-state index in [2.05, 4.69) is 37.4 Å². The van der Waals surface area contributed by atoms with Gasteiger partial charge in [0.2, 0.25) is 18.1 Å². The molecular weight excluding hydrogens is 435 g/mol. The number of halogens is 2. The van der Waals surface area contributed by atoms with Crippen LogP contribution in [0, 0.1) is 18.4 Å². The number of benzene rings is 1. The van der Waals surface area contributed by atoms with Crippen molar-refractivity contribution in [2.24, 2.45) is 4.99 Å². The smallest absolute Gasteiger partial charge is 0.234 e. The first-order valence-electron chi connectivity index (χ1n) is 10.2. The van der Waals surface area contributed by atoms with Crippen molar-refractivity contribution in [1.82, 2.24) is 14.9 Å². The third kappa shape index (κ3) is 6.20. The van der Waals surface area contributed by atoms with E-state index in [1.807, 2.05) is 19.2 Å². The van der Waals surface area contributed by atoms with Gasteiger partial charge in [0.1, 0.15) is 5.82 Å². The van der Waals surface area contributed by atoms with Crippen molar-refractivity contribution in [3.05, 3.63) is 40.0 Å². The first-order valence-corrected chi connectivity index (χ1v) is 10.9. The molecule has 0 bridgehead atoms. The highest BCUT2D eigenvalue weighted by Gasteiger charge is 2.20. The normalized spacial score (nSPS) is 17.2. The van der Waals surface area contributed by atoms with Crippen molar-refractivity contribution in [1.29, 1.82) is 5.26 Å². The topological polar surface area (TPSA) is 92.5 Å². The van der Waals surface area contributed by atoms with E-state index in [0.717, 1.165) is 44.0 Å². The van der Waals surface area contributed by atoms with Gasteiger partial charge in [-0.2, -0.15) is 10.2 Å². The Morgan fingerprint density at radius 3 is 2.84 bits per heavy atom. The molecule has 10 heteroatoms. The molecule has 1 aromatic carbocycles. The summed E-state index contributed by atoms with van der Waals surface area (Å²) in [4.78, 5) is 17.1. The van der Waals surface area contributed by atoms with Gasteiger partial charge in [0.25, 0.3) is 0 Å². The molecule has 3 rings (SSSR count). The third-order valence-corrected chi connectivity index (χ3v) is 5.84. The number of nitrogens with zero attached hydrogens (tertiary/aromatic N) is 6. The van der Waals surface area contributed by atoms with Crippen LogP contribution in [-0.4, -0.2) is 53.6 Å². The lowest BCUT2D eigenvalue weighted by molar-refractivity contribution is 0.226. The molecule has 1 aliphatic rings. The Labute approximate surface area is 192 Å². The average Bonchev–Trinajstić information content (AvgIpc) is 2.75. The summed E-state index contributed by atoms with van der Waals surface area (Å²) < 4.78 is 0. The molecule has 0 spiro atoms. The number of likely N-dealkylation sites (tertiary alicyclic amines) is 1. The Balaban J connectivity index is 1.80. The minimum absolute atomic E-state index is 0.271. The van der Waals surface area contributed by atoms with E-state index in [4.69, 9.17) is 23.2 Å². The molecule has 164 valence electrons. The van der Waals surface area contributed by atoms with Gasteiger partial charge in [0.05, 0.1) is 10.0 Å². The summed E-state index contributed by atoms with van der Waals surface area (Å²) >= 11 is 12.1. The van der Waals surface area contributed by atoms with Crippen LogP contribution in [0.15, 0.2) is 29.3 Å². The van der Waals surface area contributed by atoms with Crippen LogP contribution in [0.25, 0.3) is 0 Å². The monoisotopic (exact) mass is 460 g/mol. The summed E-state index contributed by atoms with van der Waals surface area (Å²) in [6.07, 6.45) is 4.08. The van der Waals surface area contributed by atoms with Crippen molar-refractivity contribution >= 4 is 46.6 Å². The van der Waals surface area contributed by atoms with Gasteiger partial charge in [-0.05, 0) is 51.1 Å². The molecule has 2 heterocycles. The standard InChI is InChI=1S/C21H26Cl2N8/c1-4-31-9-5-6-16(12-31)27-19-10-14(2)26-21(29-19)30(3)20(25-13-24)28-15-7-8-17(22)18(23)11-15/h7-8,10-11,16H,4-6,9,12H2,1-3H3,(H,25,28)(H,26,27,29). The number of likely N-dealkylation sites (N-methyl/N-ethyl adjacent to an activating group) is 1. The molecule has 1 saturated heterocycles. The predicted molar refractivity (Wildman–Crippen MR) is 127 cm³/mol. The van der Waals surface area contributed by atoms with Gasteiger partial charge in [-0.3, -0.25) is 4.90 Å². The maximum absolute atomic E-state index is 9.17. The second kappa shape index (κ2) is 10.6. The van der Waals surface area contributed by atoms with Crippen molar-refractivity contribution in [3.63, 3.8) is 0 Å². The van der Waals surface area contributed by atoms with Gasteiger partial charge in [0.15, 0.2) is 0 Å². The van der Waals surface area contributed by atoms with Gasteiger partial charge in [-0.25, -0.2) is 4.98 Å². The van der Waals surface area contributed by atoms with E-state index in [-0.39, 0.29) is 5.96 Å². The largest absolute Gasteiger partial charge is 0.366 e. The summed E-state index contributed by atoms with van der Waals surface area (Å²) in [5, 5.41) is 16.6. The number of aryl methyl sites for hydroxylation is 1. The van der Waals surface area contributed by atoms with E-state index in [1.165, 1.54) is 0 Å². The van der Waals surface area contributed by atoms with Crippen molar-refractivity contribution < 1.29 is 0 Å². The number of guanidine groups is 1. The zero-order valence-corrected chi connectivity index (χ0v) is 19.4. The van der Waals surface area contributed by atoms with E-state index >= 15 is 0 Å². The third-order valence-electron chi connectivity index (χ3n) is 5.10. The second-order valence-electron chi connectivity index (χ2n) is 7.42. The maximum atomic E-state index is 9.17. The first kappa shape index (κ1) is 23.1. The van der Waals surface area contributed by atoms with Crippen LogP contribution in [0.3, 0.4) is 0 Å². The van der Waals surface area contributed by atoms with Crippen molar-refractivity contribution in [2.75, 3.05) is 42.2 Å². The number of nitriles is 1. The first-order chi connectivity index (χ1) is 14.9. The van der Waals surface area contributed by atoms with Gasteiger partial charge in [-0.15, -0.1) is 4.99 Å². The van der Waals surface area contributed by atoms with Gasteiger partial charge in [-0.1, -0.05) is 30.1 Å². The highest BCUT2D eigenvalue weighted by Crippen LogP contribution is 2.25. The van der Waals surface area contributed by atoms with Crippen LogP contribution in [0.2, 0.25) is 10.0 Å². The molecule has 1 fully saturated rings. The second-order valence-corrected chi connectivity index (χ2v) is 8.23. The lowest BCUT2D eigenvalue weighted by atomic mass is 10.1. The van der Waals surface area contributed by atoms with Gasteiger partial charge < -0.3 is 15.5 Å². The molecule has 1 aromatic heterocycles. The Kier molecular flexibility index (Phi) is 7.91. The average molecular weight is 461 g/mol. The van der Waals surface area contributed by atoms with Crippen LogP contribution < -0.4 is 15.5 Å². The fourth-order valence-electron chi connectivity index (χ4n) is 3.48. The number of hydrogen-bond acceptors (Lipinski definition) is 6. The van der Waals surface area contributed by atoms with Crippen LogP contribution in [0.4, 0.5) is 17.5 Å². The highest BCUT2D eigenvalue weighted by molar-refractivity contribution is 6.42. The number of piperidine rings is 1.